The highest BCUT2D eigenvalue weighted by Gasteiger charge is 2.15. The van der Waals surface area contributed by atoms with Gasteiger partial charge in [-0.05, 0) is 42.8 Å². The van der Waals surface area contributed by atoms with Gasteiger partial charge in [-0.1, -0.05) is 42.5 Å². The molecule has 148 valence electrons. The molecule has 0 unspecified atom stereocenters. The standard InChI is InChI=1S/C24H19N3O3/c1-15-19(26-23(29)16-8-3-2-4-9-16)12-7-13-20(15)27-24(30)18-14-22(28)25-21-11-6-5-10-17(18)21/h2-14H,1H3,(H,25,28)(H,26,29)(H,27,30). The van der Waals surface area contributed by atoms with Crippen LogP contribution in [0.3, 0.4) is 0 Å². The van der Waals surface area contributed by atoms with E-state index < -0.39 is 5.91 Å². The third-order valence-electron chi connectivity index (χ3n) is 4.86. The fourth-order valence-electron chi connectivity index (χ4n) is 3.27. The van der Waals surface area contributed by atoms with Gasteiger partial charge in [0.1, 0.15) is 0 Å². The highest BCUT2D eigenvalue weighted by atomic mass is 16.2. The van der Waals surface area contributed by atoms with Crippen molar-refractivity contribution in [1.82, 2.24) is 4.98 Å². The molecule has 1 aromatic heterocycles. The summed E-state index contributed by atoms with van der Waals surface area (Å²) in [6.07, 6.45) is 0. The zero-order valence-electron chi connectivity index (χ0n) is 16.2. The van der Waals surface area contributed by atoms with Gasteiger partial charge in [-0.25, -0.2) is 0 Å². The van der Waals surface area contributed by atoms with Crippen LogP contribution in [0.4, 0.5) is 11.4 Å². The fourth-order valence-corrected chi connectivity index (χ4v) is 3.27. The molecule has 6 nitrogen and oxygen atoms in total. The first kappa shape index (κ1) is 19.1. The Balaban J connectivity index is 1.62. The molecule has 0 bridgehead atoms. The number of pyridine rings is 1. The molecular weight excluding hydrogens is 378 g/mol. The number of carbonyl (C=O) groups excluding carboxylic acids is 2. The van der Waals surface area contributed by atoms with E-state index in [1.54, 1.807) is 60.7 Å². The first-order chi connectivity index (χ1) is 14.5. The smallest absolute Gasteiger partial charge is 0.256 e. The molecule has 4 aromatic rings. The molecule has 3 aromatic carbocycles. The SMILES string of the molecule is Cc1c(NC(=O)c2ccccc2)cccc1NC(=O)c1cc(=O)[nH]c2ccccc12. The summed E-state index contributed by atoms with van der Waals surface area (Å²) in [7, 11) is 0. The van der Waals surface area contributed by atoms with Crippen LogP contribution in [-0.4, -0.2) is 16.8 Å². The Labute approximate surface area is 172 Å². The van der Waals surface area contributed by atoms with Crippen LogP contribution in [0.15, 0.2) is 83.7 Å². The third-order valence-corrected chi connectivity index (χ3v) is 4.86. The number of H-pyrrole nitrogens is 1. The number of hydrogen-bond acceptors (Lipinski definition) is 3. The molecule has 6 heteroatoms. The molecule has 1 heterocycles. The predicted molar refractivity (Wildman–Crippen MR) is 118 cm³/mol. The van der Waals surface area contributed by atoms with Gasteiger partial charge in [-0.3, -0.25) is 14.4 Å². The van der Waals surface area contributed by atoms with Gasteiger partial charge in [0.15, 0.2) is 0 Å². The van der Waals surface area contributed by atoms with Gasteiger partial charge in [0.25, 0.3) is 11.8 Å². The number of amides is 2. The molecule has 0 saturated carbocycles. The number of hydrogen-bond donors (Lipinski definition) is 3. The number of aromatic nitrogens is 1. The van der Waals surface area contributed by atoms with E-state index in [1.807, 2.05) is 19.1 Å². The van der Waals surface area contributed by atoms with Crippen LogP contribution in [0.2, 0.25) is 0 Å². The average Bonchev–Trinajstić information content (AvgIpc) is 2.76. The summed E-state index contributed by atoms with van der Waals surface area (Å²) in [6, 6.07) is 22.6. The van der Waals surface area contributed by atoms with E-state index >= 15 is 0 Å². The fraction of sp³-hybridized carbons (Fsp3) is 0.0417. The monoisotopic (exact) mass is 397 g/mol. The molecule has 0 fully saturated rings. The maximum absolute atomic E-state index is 12.9. The minimum Gasteiger partial charge on any atom is -0.322 e. The third kappa shape index (κ3) is 3.84. The molecule has 0 aliphatic heterocycles. The molecular formula is C24H19N3O3. The second kappa shape index (κ2) is 8.05. The van der Waals surface area contributed by atoms with Crippen LogP contribution >= 0.6 is 0 Å². The summed E-state index contributed by atoms with van der Waals surface area (Å²) < 4.78 is 0. The van der Waals surface area contributed by atoms with Crippen molar-refractivity contribution >= 4 is 34.1 Å². The minimum atomic E-state index is -0.396. The highest BCUT2D eigenvalue weighted by molar-refractivity contribution is 6.13. The van der Waals surface area contributed by atoms with Crippen LogP contribution in [0, 0.1) is 6.92 Å². The summed E-state index contributed by atoms with van der Waals surface area (Å²) >= 11 is 0. The molecule has 0 aliphatic carbocycles. The van der Waals surface area contributed by atoms with Gasteiger partial charge < -0.3 is 15.6 Å². The first-order valence-corrected chi connectivity index (χ1v) is 9.42. The molecule has 0 atom stereocenters. The molecule has 0 aliphatic rings. The number of rotatable bonds is 4. The number of para-hydroxylation sites is 1. The lowest BCUT2D eigenvalue weighted by atomic mass is 10.1. The van der Waals surface area contributed by atoms with E-state index in [-0.39, 0.29) is 17.0 Å². The number of anilines is 2. The number of benzene rings is 3. The van der Waals surface area contributed by atoms with Crippen molar-refractivity contribution in [1.29, 1.82) is 0 Å². The van der Waals surface area contributed by atoms with E-state index in [1.165, 1.54) is 6.07 Å². The van der Waals surface area contributed by atoms with E-state index in [4.69, 9.17) is 0 Å². The first-order valence-electron chi connectivity index (χ1n) is 9.42. The zero-order chi connectivity index (χ0) is 21.1. The zero-order valence-corrected chi connectivity index (χ0v) is 16.2. The van der Waals surface area contributed by atoms with Crippen molar-refractivity contribution in [2.45, 2.75) is 6.92 Å². The summed E-state index contributed by atoms with van der Waals surface area (Å²) in [4.78, 5) is 40.1. The van der Waals surface area contributed by atoms with Crippen molar-refractivity contribution in [2.75, 3.05) is 10.6 Å². The van der Waals surface area contributed by atoms with Crippen LogP contribution in [0.5, 0.6) is 0 Å². The Morgan fingerprint density at radius 3 is 2.13 bits per heavy atom. The lowest BCUT2D eigenvalue weighted by Gasteiger charge is -2.14. The van der Waals surface area contributed by atoms with Gasteiger partial charge in [0.2, 0.25) is 5.56 Å². The Kier molecular flexibility index (Phi) is 5.13. The van der Waals surface area contributed by atoms with E-state index in [0.29, 0.717) is 33.4 Å². The summed E-state index contributed by atoms with van der Waals surface area (Å²) in [5.74, 6) is -0.630. The summed E-state index contributed by atoms with van der Waals surface area (Å²) in [5, 5.41) is 6.38. The van der Waals surface area contributed by atoms with Crippen LogP contribution in [-0.2, 0) is 0 Å². The van der Waals surface area contributed by atoms with Crippen molar-refractivity contribution in [2.24, 2.45) is 0 Å². The number of nitrogens with one attached hydrogen (secondary N) is 3. The Hall–Kier alpha value is -4.19. The van der Waals surface area contributed by atoms with E-state index in [0.717, 1.165) is 0 Å². The number of aromatic amines is 1. The second-order valence-corrected chi connectivity index (χ2v) is 6.85. The minimum absolute atomic E-state index is 0.234. The van der Waals surface area contributed by atoms with Gasteiger partial charge in [-0.2, -0.15) is 0 Å². The van der Waals surface area contributed by atoms with Gasteiger partial charge in [-0.15, -0.1) is 0 Å². The Morgan fingerprint density at radius 1 is 0.767 bits per heavy atom. The van der Waals surface area contributed by atoms with Gasteiger partial charge in [0, 0.05) is 33.9 Å². The van der Waals surface area contributed by atoms with E-state index in [9.17, 15) is 14.4 Å². The van der Waals surface area contributed by atoms with E-state index in [2.05, 4.69) is 15.6 Å². The molecule has 0 saturated heterocycles. The average molecular weight is 397 g/mol. The molecule has 0 radical (unpaired) electrons. The van der Waals surface area contributed by atoms with Gasteiger partial charge in [0.05, 0.1) is 5.56 Å². The quantitative estimate of drug-likeness (QED) is 0.478. The molecule has 2 amide bonds. The number of fused-ring (bicyclic) bond motifs is 1. The maximum atomic E-state index is 12.9. The predicted octanol–water partition coefficient (Wildman–Crippen LogP) is 4.34. The van der Waals surface area contributed by atoms with Gasteiger partial charge >= 0.3 is 0 Å². The van der Waals surface area contributed by atoms with Crippen LogP contribution in [0.1, 0.15) is 26.3 Å². The van der Waals surface area contributed by atoms with Crippen LogP contribution < -0.4 is 16.2 Å². The maximum Gasteiger partial charge on any atom is 0.256 e. The van der Waals surface area contributed by atoms with Crippen molar-refractivity contribution in [3.05, 3.63) is 106 Å². The Bertz CT molecular complexity index is 1310. The molecule has 4 rings (SSSR count). The Morgan fingerprint density at radius 2 is 1.40 bits per heavy atom. The second-order valence-electron chi connectivity index (χ2n) is 6.85. The van der Waals surface area contributed by atoms with Crippen molar-refractivity contribution in [3.8, 4) is 0 Å². The number of carbonyl (C=O) groups is 2. The molecule has 3 N–H and O–H groups in total. The summed E-state index contributed by atoms with van der Waals surface area (Å²) in [5.41, 5.74) is 2.93. The summed E-state index contributed by atoms with van der Waals surface area (Å²) in [6.45, 7) is 1.81. The molecule has 0 spiro atoms. The van der Waals surface area contributed by atoms with Crippen molar-refractivity contribution in [3.63, 3.8) is 0 Å². The topological polar surface area (TPSA) is 91.1 Å². The molecule has 30 heavy (non-hydrogen) atoms. The lowest BCUT2D eigenvalue weighted by Crippen LogP contribution is -2.18. The largest absolute Gasteiger partial charge is 0.322 e. The lowest BCUT2D eigenvalue weighted by molar-refractivity contribution is 0.102. The van der Waals surface area contributed by atoms with Crippen molar-refractivity contribution < 1.29 is 9.59 Å². The van der Waals surface area contributed by atoms with Crippen LogP contribution in [0.25, 0.3) is 10.9 Å². The normalized spacial score (nSPS) is 10.6. The highest BCUT2D eigenvalue weighted by Crippen LogP contribution is 2.25.